The van der Waals surface area contributed by atoms with Crippen molar-refractivity contribution in [3.63, 3.8) is 0 Å². The van der Waals surface area contributed by atoms with Crippen LogP contribution in [0, 0.1) is 0 Å². The van der Waals surface area contributed by atoms with E-state index < -0.39 is 0 Å². The van der Waals surface area contributed by atoms with Crippen molar-refractivity contribution in [2.45, 2.75) is 12.8 Å². The Balaban J connectivity index is 1.56. The minimum Gasteiger partial charge on any atom is -0.497 e. The number of furan rings is 1. The highest BCUT2D eigenvalue weighted by atomic mass is 16.5. The van der Waals surface area contributed by atoms with Crippen molar-refractivity contribution in [2.75, 3.05) is 7.11 Å². The van der Waals surface area contributed by atoms with Crippen molar-refractivity contribution in [3.8, 4) is 16.9 Å². The van der Waals surface area contributed by atoms with E-state index in [-0.39, 0.29) is 0 Å². The average molecular weight is 328 g/mol. The van der Waals surface area contributed by atoms with Gasteiger partial charge in [-0.2, -0.15) is 0 Å². The number of rotatable bonds is 5. The fourth-order valence-electron chi connectivity index (χ4n) is 3.10. The number of benzene rings is 3. The second-order valence-corrected chi connectivity index (χ2v) is 6.18. The van der Waals surface area contributed by atoms with Crippen LogP contribution in [0.5, 0.6) is 5.75 Å². The van der Waals surface area contributed by atoms with Crippen molar-refractivity contribution in [1.29, 1.82) is 0 Å². The molecule has 0 bridgehead atoms. The van der Waals surface area contributed by atoms with E-state index in [1.807, 2.05) is 18.2 Å². The topological polar surface area (TPSA) is 22.4 Å². The van der Waals surface area contributed by atoms with E-state index in [2.05, 4.69) is 60.7 Å². The number of fused-ring (bicyclic) bond motifs is 1. The lowest BCUT2D eigenvalue weighted by atomic mass is 10.0. The third-order valence-electron chi connectivity index (χ3n) is 4.49. The lowest BCUT2D eigenvalue weighted by Crippen LogP contribution is -1.88. The summed E-state index contributed by atoms with van der Waals surface area (Å²) in [7, 11) is 1.68. The lowest BCUT2D eigenvalue weighted by Gasteiger charge is -2.03. The number of methoxy groups -OCH3 is 1. The largest absolute Gasteiger partial charge is 0.497 e. The number of hydrogen-bond donors (Lipinski definition) is 0. The molecule has 2 nitrogen and oxygen atoms in total. The Morgan fingerprint density at radius 3 is 2.28 bits per heavy atom. The van der Waals surface area contributed by atoms with Crippen molar-refractivity contribution in [1.82, 2.24) is 0 Å². The zero-order valence-corrected chi connectivity index (χ0v) is 14.2. The molecular weight excluding hydrogens is 308 g/mol. The van der Waals surface area contributed by atoms with Gasteiger partial charge in [0.2, 0.25) is 0 Å². The standard InChI is InChI=1S/C23H20O2/c1-24-21-12-8-18(9-13-21)19-10-14-23-20(15-19)16-22(25-23)11-7-17-5-3-2-4-6-17/h2-6,8-10,12-16H,7,11H2,1H3. The van der Waals surface area contributed by atoms with Gasteiger partial charge in [-0.05, 0) is 53.4 Å². The third-order valence-corrected chi connectivity index (χ3v) is 4.49. The first-order valence-corrected chi connectivity index (χ1v) is 8.53. The van der Waals surface area contributed by atoms with Gasteiger partial charge < -0.3 is 9.15 Å². The number of aryl methyl sites for hydroxylation is 2. The fourth-order valence-corrected chi connectivity index (χ4v) is 3.10. The van der Waals surface area contributed by atoms with Crippen LogP contribution in [0.15, 0.2) is 83.3 Å². The van der Waals surface area contributed by atoms with E-state index in [0.717, 1.165) is 35.3 Å². The van der Waals surface area contributed by atoms with Gasteiger partial charge in [-0.25, -0.2) is 0 Å². The normalized spacial score (nSPS) is 10.9. The predicted octanol–water partition coefficient (Wildman–Crippen LogP) is 5.89. The maximum atomic E-state index is 6.00. The van der Waals surface area contributed by atoms with Crippen LogP contribution >= 0.6 is 0 Å². The van der Waals surface area contributed by atoms with Gasteiger partial charge in [0.15, 0.2) is 0 Å². The molecule has 0 saturated carbocycles. The van der Waals surface area contributed by atoms with Crippen LogP contribution < -0.4 is 4.74 Å². The van der Waals surface area contributed by atoms with Crippen LogP contribution in [0.4, 0.5) is 0 Å². The smallest absolute Gasteiger partial charge is 0.134 e. The quantitative estimate of drug-likeness (QED) is 0.455. The summed E-state index contributed by atoms with van der Waals surface area (Å²) < 4.78 is 11.2. The van der Waals surface area contributed by atoms with Crippen LogP contribution in [0.2, 0.25) is 0 Å². The van der Waals surface area contributed by atoms with E-state index in [1.54, 1.807) is 7.11 Å². The average Bonchev–Trinajstić information content (AvgIpc) is 3.09. The van der Waals surface area contributed by atoms with E-state index in [4.69, 9.17) is 9.15 Å². The predicted molar refractivity (Wildman–Crippen MR) is 102 cm³/mol. The first-order chi connectivity index (χ1) is 12.3. The minimum absolute atomic E-state index is 0.872. The number of ether oxygens (including phenoxy) is 1. The number of hydrogen-bond acceptors (Lipinski definition) is 2. The lowest BCUT2D eigenvalue weighted by molar-refractivity contribution is 0.415. The summed E-state index contributed by atoms with van der Waals surface area (Å²) in [4.78, 5) is 0. The van der Waals surface area contributed by atoms with Crippen LogP contribution in [-0.4, -0.2) is 7.11 Å². The molecule has 0 radical (unpaired) electrons. The molecule has 4 rings (SSSR count). The highest BCUT2D eigenvalue weighted by Crippen LogP contribution is 2.28. The van der Waals surface area contributed by atoms with Crippen LogP contribution in [0.25, 0.3) is 22.1 Å². The first-order valence-electron chi connectivity index (χ1n) is 8.53. The van der Waals surface area contributed by atoms with Gasteiger partial charge in [-0.1, -0.05) is 48.5 Å². The molecule has 0 aliphatic carbocycles. The molecule has 1 aromatic heterocycles. The van der Waals surface area contributed by atoms with Crippen molar-refractivity contribution < 1.29 is 9.15 Å². The maximum absolute atomic E-state index is 6.00. The molecule has 0 spiro atoms. The molecule has 1 heterocycles. The molecule has 3 aromatic carbocycles. The molecule has 0 amide bonds. The zero-order chi connectivity index (χ0) is 17.1. The summed E-state index contributed by atoms with van der Waals surface area (Å²) in [5.74, 6) is 1.90. The highest BCUT2D eigenvalue weighted by Gasteiger charge is 2.06. The van der Waals surface area contributed by atoms with Crippen molar-refractivity contribution >= 4 is 11.0 Å². The SMILES string of the molecule is COc1ccc(-c2ccc3oc(CCc4ccccc4)cc3c2)cc1. The molecule has 0 aliphatic heterocycles. The summed E-state index contributed by atoms with van der Waals surface area (Å²) in [6.45, 7) is 0. The van der Waals surface area contributed by atoms with E-state index in [9.17, 15) is 0 Å². The molecule has 2 heteroatoms. The Bertz CT molecular complexity index is 966. The molecule has 124 valence electrons. The monoisotopic (exact) mass is 328 g/mol. The fraction of sp³-hybridized carbons (Fsp3) is 0.130. The van der Waals surface area contributed by atoms with Gasteiger partial charge in [-0.15, -0.1) is 0 Å². The molecule has 0 atom stereocenters. The van der Waals surface area contributed by atoms with E-state index in [0.29, 0.717) is 0 Å². The highest BCUT2D eigenvalue weighted by molar-refractivity contribution is 5.84. The molecule has 4 aromatic rings. The summed E-state index contributed by atoms with van der Waals surface area (Å²) >= 11 is 0. The van der Waals surface area contributed by atoms with Crippen LogP contribution in [0.1, 0.15) is 11.3 Å². The summed E-state index contributed by atoms with van der Waals surface area (Å²) in [5.41, 5.74) is 4.64. The van der Waals surface area contributed by atoms with Crippen LogP contribution in [-0.2, 0) is 12.8 Å². The molecule has 0 aliphatic rings. The molecule has 0 unspecified atom stereocenters. The first kappa shape index (κ1) is 15.5. The maximum Gasteiger partial charge on any atom is 0.134 e. The zero-order valence-electron chi connectivity index (χ0n) is 14.2. The molecule has 25 heavy (non-hydrogen) atoms. The Morgan fingerprint density at radius 2 is 1.52 bits per heavy atom. The van der Waals surface area contributed by atoms with Gasteiger partial charge in [0.05, 0.1) is 7.11 Å². The van der Waals surface area contributed by atoms with E-state index in [1.165, 1.54) is 16.7 Å². The van der Waals surface area contributed by atoms with Crippen molar-refractivity contribution in [2.24, 2.45) is 0 Å². The van der Waals surface area contributed by atoms with Gasteiger partial charge in [0, 0.05) is 11.8 Å². The third kappa shape index (κ3) is 3.43. The molecule has 0 fully saturated rings. The second kappa shape index (κ2) is 6.86. The van der Waals surface area contributed by atoms with Crippen molar-refractivity contribution in [3.05, 3.63) is 90.2 Å². The van der Waals surface area contributed by atoms with E-state index >= 15 is 0 Å². The minimum atomic E-state index is 0.872. The summed E-state index contributed by atoms with van der Waals surface area (Å²) in [6, 6.07) is 27.2. The molecule has 0 saturated heterocycles. The van der Waals surface area contributed by atoms with Gasteiger partial charge >= 0.3 is 0 Å². The summed E-state index contributed by atoms with van der Waals surface area (Å²) in [6.07, 6.45) is 1.91. The Kier molecular flexibility index (Phi) is 4.26. The molecular formula is C23H20O2. The molecule has 0 N–H and O–H groups in total. The Morgan fingerprint density at radius 1 is 0.760 bits per heavy atom. The van der Waals surface area contributed by atoms with Crippen LogP contribution in [0.3, 0.4) is 0 Å². The Hall–Kier alpha value is -3.00. The van der Waals surface area contributed by atoms with Gasteiger partial charge in [0.1, 0.15) is 17.1 Å². The van der Waals surface area contributed by atoms with Gasteiger partial charge in [-0.3, -0.25) is 0 Å². The second-order valence-electron chi connectivity index (χ2n) is 6.18. The summed E-state index contributed by atoms with van der Waals surface area (Å²) in [5, 5.41) is 1.15. The van der Waals surface area contributed by atoms with Gasteiger partial charge in [0.25, 0.3) is 0 Å². The Labute approximate surface area is 147 Å².